The van der Waals surface area contributed by atoms with Gasteiger partial charge < -0.3 is 0 Å². The summed E-state index contributed by atoms with van der Waals surface area (Å²) in [6, 6.07) is 13.6. The third kappa shape index (κ3) is 1.37. The lowest BCUT2D eigenvalue weighted by Gasteiger charge is -2.26. The topological polar surface area (TPSA) is 0 Å². The lowest BCUT2D eigenvalue weighted by Crippen LogP contribution is -2.15. The Morgan fingerprint density at radius 1 is 0.647 bits per heavy atom. The molecule has 0 bridgehead atoms. The fourth-order valence-electron chi connectivity index (χ4n) is 3.19. The summed E-state index contributed by atoms with van der Waals surface area (Å²) in [5.74, 6) is 0. The van der Waals surface area contributed by atoms with E-state index in [1.54, 1.807) is 33.4 Å². The summed E-state index contributed by atoms with van der Waals surface area (Å²) in [5.41, 5.74) is 9.55. The first-order valence-electron chi connectivity index (χ1n) is 6.61. The van der Waals surface area contributed by atoms with Gasteiger partial charge in [0, 0.05) is 0 Å². The van der Waals surface area contributed by atoms with Crippen LogP contribution in [-0.2, 0) is 32.1 Å². The lowest BCUT2D eigenvalue weighted by atomic mass is 9.79. The van der Waals surface area contributed by atoms with E-state index in [2.05, 4.69) is 36.4 Å². The molecule has 4 rings (SSSR count). The molecule has 0 radical (unpaired) electrons. The largest absolute Gasteiger partial charge is 0.0617 e. The fourth-order valence-corrected chi connectivity index (χ4v) is 3.19. The molecule has 0 spiro atoms. The number of benzene rings is 2. The smallest absolute Gasteiger partial charge is 0.00201 e. The molecule has 0 nitrogen and oxygen atoms in total. The molecule has 0 heterocycles. The van der Waals surface area contributed by atoms with Crippen molar-refractivity contribution in [3.05, 3.63) is 69.8 Å². The Morgan fingerprint density at radius 2 is 1.18 bits per heavy atom. The van der Waals surface area contributed by atoms with Gasteiger partial charge in [0.25, 0.3) is 0 Å². The zero-order chi connectivity index (χ0) is 11.2. The molecular formula is C17H16. The van der Waals surface area contributed by atoms with E-state index in [-0.39, 0.29) is 0 Å². The molecule has 0 unspecified atom stereocenters. The summed E-state index contributed by atoms with van der Waals surface area (Å²) in [6.45, 7) is 0. The Bertz CT molecular complexity index is 539. The molecule has 0 heteroatoms. The summed E-state index contributed by atoms with van der Waals surface area (Å²) in [7, 11) is 0. The average molecular weight is 220 g/mol. The zero-order valence-electron chi connectivity index (χ0n) is 10.00. The van der Waals surface area contributed by atoms with Crippen LogP contribution in [0.25, 0.3) is 0 Å². The van der Waals surface area contributed by atoms with E-state index >= 15 is 0 Å². The van der Waals surface area contributed by atoms with Crippen LogP contribution >= 0.6 is 0 Å². The summed E-state index contributed by atoms with van der Waals surface area (Å²) in [4.78, 5) is 0. The van der Waals surface area contributed by atoms with Gasteiger partial charge in [-0.05, 0) is 65.5 Å². The van der Waals surface area contributed by atoms with Crippen LogP contribution in [0.15, 0.2) is 36.4 Å². The van der Waals surface area contributed by atoms with Crippen LogP contribution in [0.2, 0.25) is 0 Å². The minimum absolute atomic E-state index is 1.15. The molecule has 0 aliphatic heterocycles. The van der Waals surface area contributed by atoms with Crippen molar-refractivity contribution in [1.29, 1.82) is 0 Å². The molecule has 2 aliphatic carbocycles. The molecular weight excluding hydrogens is 204 g/mol. The minimum Gasteiger partial charge on any atom is -0.0617 e. The number of rotatable bonds is 2. The van der Waals surface area contributed by atoms with Crippen molar-refractivity contribution in [1.82, 2.24) is 0 Å². The highest BCUT2D eigenvalue weighted by atomic mass is 14.2. The van der Waals surface area contributed by atoms with Gasteiger partial charge in [-0.3, -0.25) is 0 Å². The monoisotopic (exact) mass is 220 g/mol. The maximum absolute atomic E-state index is 2.32. The van der Waals surface area contributed by atoms with Gasteiger partial charge >= 0.3 is 0 Å². The summed E-state index contributed by atoms with van der Waals surface area (Å²) >= 11 is 0. The quantitative estimate of drug-likeness (QED) is 0.727. The van der Waals surface area contributed by atoms with E-state index in [4.69, 9.17) is 0 Å². The molecule has 0 N–H and O–H groups in total. The van der Waals surface area contributed by atoms with E-state index in [0.29, 0.717) is 0 Å². The molecule has 17 heavy (non-hydrogen) atoms. The van der Waals surface area contributed by atoms with Gasteiger partial charge in [-0.25, -0.2) is 0 Å². The molecule has 0 saturated carbocycles. The first kappa shape index (κ1) is 9.47. The second-order valence-electron chi connectivity index (χ2n) is 5.29. The Morgan fingerprint density at radius 3 is 1.59 bits per heavy atom. The van der Waals surface area contributed by atoms with Gasteiger partial charge in [0.1, 0.15) is 0 Å². The second kappa shape index (κ2) is 3.46. The van der Waals surface area contributed by atoms with E-state index in [1.807, 2.05) is 0 Å². The number of hydrogen-bond donors (Lipinski definition) is 0. The van der Waals surface area contributed by atoms with Gasteiger partial charge in [0.05, 0.1) is 0 Å². The standard InChI is InChI=1S/C17H16/c1-3-12-7-9-16(12)14(5-1)11-15-6-2-4-13-8-10-17(13)15/h1-6H,7-11H2. The average Bonchev–Trinajstić information content (AvgIpc) is 2.23. The summed E-state index contributed by atoms with van der Waals surface area (Å²) < 4.78 is 0. The molecule has 2 aromatic rings. The highest BCUT2D eigenvalue weighted by molar-refractivity contribution is 5.48. The van der Waals surface area contributed by atoms with Crippen LogP contribution in [0.3, 0.4) is 0 Å². The summed E-state index contributed by atoms with van der Waals surface area (Å²) in [5, 5.41) is 0. The maximum Gasteiger partial charge on any atom is -0.00201 e. The first-order chi connectivity index (χ1) is 8.42. The van der Waals surface area contributed by atoms with Crippen molar-refractivity contribution < 1.29 is 0 Å². The molecule has 2 aromatic carbocycles. The highest BCUT2D eigenvalue weighted by Gasteiger charge is 2.20. The maximum atomic E-state index is 2.32. The molecule has 0 saturated heterocycles. The molecule has 0 amide bonds. The Balaban J connectivity index is 1.73. The van der Waals surface area contributed by atoms with Crippen LogP contribution in [0, 0.1) is 0 Å². The molecule has 0 atom stereocenters. The zero-order valence-corrected chi connectivity index (χ0v) is 10.00. The molecule has 0 fully saturated rings. The third-order valence-corrected chi connectivity index (χ3v) is 4.41. The van der Waals surface area contributed by atoms with Gasteiger partial charge in [-0.1, -0.05) is 36.4 Å². The fraction of sp³-hybridized carbons (Fsp3) is 0.294. The minimum atomic E-state index is 1.15. The van der Waals surface area contributed by atoms with E-state index in [0.717, 1.165) is 6.42 Å². The van der Waals surface area contributed by atoms with Gasteiger partial charge in [0.2, 0.25) is 0 Å². The van der Waals surface area contributed by atoms with Crippen molar-refractivity contribution in [2.45, 2.75) is 32.1 Å². The van der Waals surface area contributed by atoms with Gasteiger partial charge in [0.15, 0.2) is 0 Å². The van der Waals surface area contributed by atoms with E-state index in [1.165, 1.54) is 25.7 Å². The lowest BCUT2D eigenvalue weighted by molar-refractivity contribution is 0.799. The van der Waals surface area contributed by atoms with Crippen molar-refractivity contribution in [2.24, 2.45) is 0 Å². The van der Waals surface area contributed by atoms with Crippen molar-refractivity contribution in [2.75, 3.05) is 0 Å². The van der Waals surface area contributed by atoms with Crippen molar-refractivity contribution in [3.8, 4) is 0 Å². The molecule has 2 aliphatic rings. The normalized spacial score (nSPS) is 15.5. The van der Waals surface area contributed by atoms with E-state index in [9.17, 15) is 0 Å². The Hall–Kier alpha value is -1.56. The van der Waals surface area contributed by atoms with Crippen LogP contribution in [0.4, 0.5) is 0 Å². The predicted molar refractivity (Wildman–Crippen MR) is 70.5 cm³/mol. The van der Waals surface area contributed by atoms with Crippen molar-refractivity contribution >= 4 is 0 Å². The number of aryl methyl sites for hydroxylation is 2. The van der Waals surface area contributed by atoms with Crippen LogP contribution in [0.1, 0.15) is 33.4 Å². The van der Waals surface area contributed by atoms with E-state index < -0.39 is 0 Å². The first-order valence-corrected chi connectivity index (χ1v) is 6.61. The predicted octanol–water partition coefficient (Wildman–Crippen LogP) is 3.47. The number of fused-ring (bicyclic) bond motifs is 2. The van der Waals surface area contributed by atoms with Crippen LogP contribution < -0.4 is 0 Å². The molecule has 84 valence electrons. The van der Waals surface area contributed by atoms with Crippen LogP contribution in [0.5, 0.6) is 0 Å². The van der Waals surface area contributed by atoms with Crippen molar-refractivity contribution in [3.63, 3.8) is 0 Å². The van der Waals surface area contributed by atoms with Crippen LogP contribution in [-0.4, -0.2) is 0 Å². The molecule has 0 aromatic heterocycles. The van der Waals surface area contributed by atoms with Gasteiger partial charge in [-0.15, -0.1) is 0 Å². The Kier molecular flexibility index (Phi) is 1.93. The van der Waals surface area contributed by atoms with Gasteiger partial charge in [-0.2, -0.15) is 0 Å². The highest BCUT2D eigenvalue weighted by Crippen LogP contribution is 2.31. The number of hydrogen-bond acceptors (Lipinski definition) is 0. The Labute approximate surface area is 102 Å². The SMILES string of the molecule is c1cc2c(c(Cc3cccc4c3CC4)c1)CC2. The summed E-state index contributed by atoms with van der Waals surface area (Å²) in [6.07, 6.45) is 6.31. The second-order valence-corrected chi connectivity index (χ2v) is 5.29. The third-order valence-electron chi connectivity index (χ3n) is 4.41.